The van der Waals surface area contributed by atoms with Gasteiger partial charge >= 0.3 is 18.4 Å². The third-order valence-corrected chi connectivity index (χ3v) is 6.64. The Balaban J connectivity index is 1.75. The van der Waals surface area contributed by atoms with Crippen LogP contribution in [0.2, 0.25) is 0 Å². The number of likely N-dealkylation sites (tertiary alicyclic amines) is 1. The zero-order chi connectivity index (χ0) is 29.8. The third kappa shape index (κ3) is 8.33. The number of piperidine rings is 1. The second-order valence-corrected chi connectivity index (χ2v) is 9.95. The topological polar surface area (TPSA) is 81.7 Å². The Morgan fingerprint density at radius 1 is 1.05 bits per heavy atom. The second kappa shape index (κ2) is 12.4. The van der Waals surface area contributed by atoms with Crippen LogP contribution in [0.15, 0.2) is 36.4 Å². The number of carbonyl (C=O) groups excluding carboxylic acids is 2. The Bertz CT molecular complexity index is 1180. The summed E-state index contributed by atoms with van der Waals surface area (Å²) in [5, 5.41) is 14.8. The lowest BCUT2D eigenvalue weighted by molar-refractivity contribution is -0.143. The molecule has 1 saturated heterocycles. The Morgan fingerprint density at radius 2 is 1.68 bits per heavy atom. The predicted octanol–water partition coefficient (Wildman–Crippen LogP) is 5.52. The molecular weight excluding hydrogens is 547 g/mol. The first-order valence-electron chi connectivity index (χ1n) is 12.6. The van der Waals surface area contributed by atoms with Crippen LogP contribution in [0, 0.1) is 12.7 Å². The van der Waals surface area contributed by atoms with Crippen molar-refractivity contribution in [2.45, 2.75) is 70.1 Å². The fraction of sp³-hybridized carbons (Fsp3) is 0.481. The smallest absolute Gasteiger partial charge is 0.393 e. The van der Waals surface area contributed by atoms with Crippen molar-refractivity contribution in [3.05, 3.63) is 70.0 Å². The highest BCUT2D eigenvalue weighted by Gasteiger charge is 2.37. The van der Waals surface area contributed by atoms with E-state index in [1.807, 2.05) is 0 Å². The van der Waals surface area contributed by atoms with Crippen LogP contribution in [0.4, 0.5) is 35.5 Å². The van der Waals surface area contributed by atoms with Crippen LogP contribution in [0.5, 0.6) is 0 Å². The van der Waals surface area contributed by atoms with Crippen molar-refractivity contribution in [2.75, 3.05) is 13.1 Å². The maximum absolute atomic E-state index is 13.8. The molecule has 0 aromatic heterocycles. The molecule has 3 atom stereocenters. The molecule has 220 valence electrons. The van der Waals surface area contributed by atoms with Crippen LogP contribution < -0.4 is 10.6 Å². The van der Waals surface area contributed by atoms with Crippen molar-refractivity contribution < 1.29 is 45.4 Å². The van der Waals surface area contributed by atoms with E-state index in [2.05, 4.69) is 10.6 Å². The van der Waals surface area contributed by atoms with Gasteiger partial charge in [0.05, 0.1) is 29.7 Å². The van der Waals surface area contributed by atoms with Gasteiger partial charge in [-0.2, -0.15) is 26.3 Å². The molecule has 0 aliphatic carbocycles. The lowest BCUT2D eigenvalue weighted by Crippen LogP contribution is -2.51. The quantitative estimate of drug-likeness (QED) is 0.380. The van der Waals surface area contributed by atoms with Crippen molar-refractivity contribution in [1.82, 2.24) is 15.5 Å². The first-order valence-corrected chi connectivity index (χ1v) is 12.6. The summed E-state index contributed by atoms with van der Waals surface area (Å²) >= 11 is 0. The summed E-state index contributed by atoms with van der Waals surface area (Å²) in [4.78, 5) is 26.8. The molecule has 13 heteroatoms. The minimum absolute atomic E-state index is 0.0435. The number of aliphatic hydroxyl groups excluding tert-OH is 1. The molecule has 3 N–H and O–H groups in total. The first kappa shape index (κ1) is 31.2. The lowest BCUT2D eigenvalue weighted by atomic mass is 9.89. The van der Waals surface area contributed by atoms with Crippen LogP contribution in [0.25, 0.3) is 0 Å². The summed E-state index contributed by atoms with van der Waals surface area (Å²) in [7, 11) is 0. The average Bonchev–Trinajstić information content (AvgIpc) is 2.82. The van der Waals surface area contributed by atoms with Gasteiger partial charge < -0.3 is 20.6 Å². The molecule has 0 bridgehead atoms. The SMILES string of the molecule is Cc1cc(F)ccc1[C@H]1C[C@@H](NC(=O)C[C@H](C)O)CCN1C(=O)NCCc1cc(C(F)(F)F)cc(C(F)(F)F)c1. The number of benzene rings is 2. The number of hydrogen-bond acceptors (Lipinski definition) is 3. The van der Waals surface area contributed by atoms with Gasteiger partial charge in [-0.25, -0.2) is 9.18 Å². The number of urea groups is 1. The number of rotatable bonds is 7. The number of aryl methyl sites for hydroxylation is 1. The van der Waals surface area contributed by atoms with Gasteiger partial charge in [0.1, 0.15) is 5.82 Å². The van der Waals surface area contributed by atoms with Gasteiger partial charge in [0.25, 0.3) is 0 Å². The van der Waals surface area contributed by atoms with Crippen molar-refractivity contribution in [3.8, 4) is 0 Å². The molecular formula is C27H30F7N3O3. The number of halogens is 7. The van der Waals surface area contributed by atoms with Crippen molar-refractivity contribution in [3.63, 3.8) is 0 Å². The Labute approximate surface area is 226 Å². The average molecular weight is 578 g/mol. The molecule has 1 heterocycles. The number of nitrogens with one attached hydrogen (secondary N) is 2. The highest BCUT2D eigenvalue weighted by atomic mass is 19.4. The summed E-state index contributed by atoms with van der Waals surface area (Å²) in [6.45, 7) is 3.06. The molecule has 1 aliphatic heterocycles. The van der Waals surface area contributed by atoms with Gasteiger partial charge in [-0.05, 0) is 80.1 Å². The summed E-state index contributed by atoms with van der Waals surface area (Å²) in [6, 6.07) is 3.78. The zero-order valence-electron chi connectivity index (χ0n) is 21.8. The maximum atomic E-state index is 13.8. The van der Waals surface area contributed by atoms with E-state index in [0.717, 1.165) is 0 Å². The van der Waals surface area contributed by atoms with E-state index in [1.165, 1.54) is 30.0 Å². The van der Waals surface area contributed by atoms with E-state index >= 15 is 0 Å². The molecule has 2 aromatic rings. The van der Waals surface area contributed by atoms with Gasteiger partial charge in [-0.3, -0.25) is 4.79 Å². The Hall–Kier alpha value is -3.35. The number of aliphatic hydroxyl groups is 1. The number of nitrogens with zero attached hydrogens (tertiary/aromatic N) is 1. The number of carbonyl (C=O) groups is 2. The molecule has 6 nitrogen and oxygen atoms in total. The standard InChI is InChI=1S/C27H30F7N3O3/c1-15-9-20(28)3-4-22(15)23-14-21(36-24(39)10-16(2)38)6-8-37(23)25(40)35-7-5-17-11-18(26(29,30)31)13-19(12-17)27(32,33)34/h3-4,9,11-13,16,21,23,38H,5-8,10,14H2,1-2H3,(H,35,40)(H,36,39)/t16-,21-,23+/m0/s1. The van der Waals surface area contributed by atoms with Crippen LogP contribution in [-0.4, -0.2) is 47.2 Å². The molecule has 0 radical (unpaired) electrons. The van der Waals surface area contributed by atoms with Gasteiger partial charge in [0.2, 0.25) is 5.91 Å². The fourth-order valence-electron chi connectivity index (χ4n) is 4.78. The van der Waals surface area contributed by atoms with E-state index in [-0.39, 0.29) is 55.9 Å². The molecule has 1 fully saturated rings. The number of hydrogen-bond donors (Lipinski definition) is 3. The van der Waals surface area contributed by atoms with Crippen molar-refractivity contribution >= 4 is 11.9 Å². The molecule has 0 spiro atoms. The fourth-order valence-corrected chi connectivity index (χ4v) is 4.78. The largest absolute Gasteiger partial charge is 0.416 e. The Kier molecular flexibility index (Phi) is 9.70. The second-order valence-electron chi connectivity index (χ2n) is 9.95. The summed E-state index contributed by atoms with van der Waals surface area (Å²) in [5.74, 6) is -0.846. The predicted molar refractivity (Wildman–Crippen MR) is 132 cm³/mol. The highest BCUT2D eigenvalue weighted by Crippen LogP contribution is 2.37. The molecule has 0 saturated carbocycles. The molecule has 2 aromatic carbocycles. The number of alkyl halides is 6. The minimum Gasteiger partial charge on any atom is -0.393 e. The van der Waals surface area contributed by atoms with Gasteiger partial charge in [0, 0.05) is 19.1 Å². The van der Waals surface area contributed by atoms with Crippen molar-refractivity contribution in [2.24, 2.45) is 0 Å². The maximum Gasteiger partial charge on any atom is 0.416 e. The van der Waals surface area contributed by atoms with Gasteiger partial charge in [-0.1, -0.05) is 6.07 Å². The van der Waals surface area contributed by atoms with Gasteiger partial charge in [-0.15, -0.1) is 0 Å². The normalized spacial score (nSPS) is 18.8. The van der Waals surface area contributed by atoms with Crippen LogP contribution >= 0.6 is 0 Å². The molecule has 0 unspecified atom stereocenters. The highest BCUT2D eigenvalue weighted by molar-refractivity contribution is 5.77. The van der Waals surface area contributed by atoms with Crippen LogP contribution in [0.3, 0.4) is 0 Å². The third-order valence-electron chi connectivity index (χ3n) is 6.64. The molecule has 40 heavy (non-hydrogen) atoms. The van der Waals surface area contributed by atoms with Crippen LogP contribution in [-0.2, 0) is 23.6 Å². The summed E-state index contributed by atoms with van der Waals surface area (Å²) in [6.07, 6.45) is -10.6. The number of amides is 3. The lowest BCUT2D eigenvalue weighted by Gasteiger charge is -2.40. The van der Waals surface area contributed by atoms with Crippen LogP contribution in [0.1, 0.15) is 60.0 Å². The molecule has 1 aliphatic rings. The first-order chi connectivity index (χ1) is 18.5. The minimum atomic E-state index is -4.98. The van der Waals surface area contributed by atoms with E-state index < -0.39 is 47.5 Å². The molecule has 3 amide bonds. The Morgan fingerprint density at radius 3 is 2.23 bits per heavy atom. The zero-order valence-corrected chi connectivity index (χ0v) is 21.8. The van der Waals surface area contributed by atoms with E-state index in [4.69, 9.17) is 0 Å². The van der Waals surface area contributed by atoms with E-state index in [9.17, 15) is 45.4 Å². The van der Waals surface area contributed by atoms with E-state index in [0.29, 0.717) is 29.7 Å². The summed E-state index contributed by atoms with van der Waals surface area (Å²) < 4.78 is 92.7. The van der Waals surface area contributed by atoms with Crippen molar-refractivity contribution in [1.29, 1.82) is 0 Å². The summed E-state index contributed by atoms with van der Waals surface area (Å²) in [5.41, 5.74) is -1.93. The van der Waals surface area contributed by atoms with Gasteiger partial charge in [0.15, 0.2) is 0 Å². The van der Waals surface area contributed by atoms with E-state index in [1.54, 1.807) is 6.92 Å². The monoisotopic (exact) mass is 577 g/mol. The molecule has 3 rings (SSSR count).